The number of hydrogen-bond donors (Lipinski definition) is 2. The predicted molar refractivity (Wildman–Crippen MR) is 129 cm³/mol. The summed E-state index contributed by atoms with van der Waals surface area (Å²) in [4.78, 5) is 30.6. The number of fused-ring (bicyclic) bond motifs is 2. The minimum atomic E-state index is -0.336. The summed E-state index contributed by atoms with van der Waals surface area (Å²) < 4.78 is 11.7. The first-order valence-electron chi connectivity index (χ1n) is 10.2. The molecular weight excluding hydrogens is 460 g/mol. The summed E-state index contributed by atoms with van der Waals surface area (Å²) in [5, 5.41) is 5.63. The Morgan fingerprint density at radius 1 is 1.24 bits per heavy atom. The molecule has 3 N–H and O–H groups in total. The number of ether oxygens (including phenoxy) is 2. The van der Waals surface area contributed by atoms with E-state index in [1.54, 1.807) is 0 Å². The van der Waals surface area contributed by atoms with Gasteiger partial charge in [0.15, 0.2) is 16.7 Å². The van der Waals surface area contributed by atoms with Crippen LogP contribution >= 0.6 is 23.1 Å². The van der Waals surface area contributed by atoms with Crippen LogP contribution in [0.3, 0.4) is 0 Å². The van der Waals surface area contributed by atoms with E-state index in [0.29, 0.717) is 26.9 Å². The van der Waals surface area contributed by atoms with E-state index >= 15 is 0 Å². The van der Waals surface area contributed by atoms with E-state index in [2.05, 4.69) is 10.3 Å². The van der Waals surface area contributed by atoms with Crippen molar-refractivity contribution in [2.45, 2.75) is 18.1 Å². The van der Waals surface area contributed by atoms with Gasteiger partial charge >= 0.3 is 0 Å². The molecular formula is C23H20N4O4S2. The molecule has 0 aliphatic carbocycles. The molecule has 0 saturated heterocycles. The van der Waals surface area contributed by atoms with Crippen molar-refractivity contribution < 1.29 is 14.3 Å². The lowest BCUT2D eigenvalue weighted by atomic mass is 10.1. The number of carbonyl (C=O) groups is 1. The number of thioether (sulfide) groups is 1. The average Bonchev–Trinajstić information content (AvgIpc) is 3.47. The topological polar surface area (TPSA) is 108 Å². The normalized spacial score (nSPS) is 13.2. The first-order chi connectivity index (χ1) is 16.0. The van der Waals surface area contributed by atoms with E-state index in [1.807, 2.05) is 60.8 Å². The van der Waals surface area contributed by atoms with Gasteiger partial charge in [0.1, 0.15) is 4.83 Å². The first-order valence-corrected chi connectivity index (χ1v) is 12.0. The highest BCUT2D eigenvalue weighted by atomic mass is 32.2. The highest BCUT2D eigenvalue weighted by molar-refractivity contribution is 7.99. The molecule has 1 atom stereocenters. The van der Waals surface area contributed by atoms with Crippen LogP contribution in [0.1, 0.15) is 18.5 Å². The second-order valence-electron chi connectivity index (χ2n) is 7.46. The Balaban J connectivity index is 1.30. The van der Waals surface area contributed by atoms with Gasteiger partial charge in [-0.25, -0.2) is 9.66 Å². The number of benzene rings is 2. The van der Waals surface area contributed by atoms with E-state index in [1.165, 1.54) is 11.3 Å². The second kappa shape index (κ2) is 8.80. The number of nitrogens with one attached hydrogen (secondary N) is 1. The second-order valence-corrected chi connectivity index (χ2v) is 9.26. The quantitative estimate of drug-likeness (QED) is 0.247. The number of nitrogens with zero attached hydrogens (tertiary/aromatic N) is 2. The van der Waals surface area contributed by atoms with E-state index < -0.39 is 0 Å². The van der Waals surface area contributed by atoms with Gasteiger partial charge in [-0.1, -0.05) is 48.2 Å². The minimum absolute atomic E-state index is 0.0704. The fraction of sp³-hybridized carbons (Fsp3) is 0.174. The fourth-order valence-corrected chi connectivity index (χ4v) is 5.31. The van der Waals surface area contributed by atoms with Gasteiger partial charge in [0.25, 0.3) is 5.56 Å². The third-order valence-electron chi connectivity index (χ3n) is 5.30. The Morgan fingerprint density at radius 3 is 2.85 bits per heavy atom. The standard InChI is InChI=1S/C23H20N4O4S2/c1-13(15-7-8-17-18(9-15)31-12-30-17)25-19(28)11-33-23-26-21-20(22(29)27(23)24)16(10-32-21)14-5-3-2-4-6-14/h2-10,13H,11-12,24H2,1H3,(H,25,28)/t13-/m0/s1. The molecule has 1 aliphatic heterocycles. The summed E-state index contributed by atoms with van der Waals surface area (Å²) in [6.45, 7) is 2.09. The number of hydrogen-bond acceptors (Lipinski definition) is 8. The predicted octanol–water partition coefficient (Wildman–Crippen LogP) is 3.54. The van der Waals surface area contributed by atoms with Crippen LogP contribution in [0, 0.1) is 0 Å². The van der Waals surface area contributed by atoms with Crippen LogP contribution in [0.4, 0.5) is 0 Å². The Kier molecular flexibility index (Phi) is 5.69. The van der Waals surface area contributed by atoms with Crippen molar-refractivity contribution >= 4 is 39.2 Å². The van der Waals surface area contributed by atoms with Crippen molar-refractivity contribution in [3.8, 4) is 22.6 Å². The number of amides is 1. The number of nitrogen functional groups attached to an aromatic ring is 1. The van der Waals surface area contributed by atoms with Crippen molar-refractivity contribution in [3.05, 3.63) is 69.8 Å². The van der Waals surface area contributed by atoms with Gasteiger partial charge in [-0.2, -0.15) is 0 Å². The van der Waals surface area contributed by atoms with Crippen LogP contribution < -0.4 is 26.2 Å². The summed E-state index contributed by atoms with van der Waals surface area (Å²) in [5.74, 6) is 7.28. The largest absolute Gasteiger partial charge is 0.454 e. The molecule has 0 unspecified atom stereocenters. The number of nitrogens with two attached hydrogens (primary N) is 1. The van der Waals surface area contributed by atoms with Gasteiger partial charge in [0.05, 0.1) is 17.2 Å². The molecule has 0 radical (unpaired) electrons. The molecule has 2 aromatic heterocycles. The van der Waals surface area contributed by atoms with Crippen molar-refractivity contribution in [1.82, 2.24) is 15.0 Å². The van der Waals surface area contributed by atoms with Crippen molar-refractivity contribution in [2.75, 3.05) is 18.4 Å². The molecule has 5 rings (SSSR count). The molecule has 0 spiro atoms. The van der Waals surface area contributed by atoms with Gasteiger partial charge in [0, 0.05) is 10.9 Å². The summed E-state index contributed by atoms with van der Waals surface area (Å²) >= 11 is 2.51. The molecule has 0 bridgehead atoms. The highest BCUT2D eigenvalue weighted by Crippen LogP contribution is 2.34. The third kappa shape index (κ3) is 4.14. The lowest BCUT2D eigenvalue weighted by Crippen LogP contribution is -2.31. The number of aromatic nitrogens is 2. The van der Waals surface area contributed by atoms with Crippen LogP contribution in [0.15, 0.2) is 63.9 Å². The Hall–Kier alpha value is -3.50. The minimum Gasteiger partial charge on any atom is -0.454 e. The summed E-state index contributed by atoms with van der Waals surface area (Å²) in [6, 6.07) is 15.0. The van der Waals surface area contributed by atoms with Crippen molar-refractivity contribution in [2.24, 2.45) is 0 Å². The van der Waals surface area contributed by atoms with Crippen LogP contribution in [0.2, 0.25) is 0 Å². The number of thiophene rings is 1. The van der Waals surface area contributed by atoms with E-state index in [9.17, 15) is 9.59 Å². The zero-order chi connectivity index (χ0) is 22.9. The zero-order valence-electron chi connectivity index (χ0n) is 17.6. The van der Waals surface area contributed by atoms with Gasteiger partial charge in [-0.15, -0.1) is 11.3 Å². The molecule has 0 fully saturated rings. The monoisotopic (exact) mass is 480 g/mol. The molecule has 4 aromatic rings. The third-order valence-corrected chi connectivity index (χ3v) is 7.12. The molecule has 3 heterocycles. The molecule has 2 aromatic carbocycles. The summed E-state index contributed by atoms with van der Waals surface area (Å²) in [7, 11) is 0. The lowest BCUT2D eigenvalue weighted by Gasteiger charge is -2.15. The number of carbonyl (C=O) groups excluding carboxylic acids is 1. The molecule has 10 heteroatoms. The average molecular weight is 481 g/mol. The molecule has 0 saturated carbocycles. The Bertz CT molecular complexity index is 1400. The lowest BCUT2D eigenvalue weighted by molar-refractivity contribution is -0.119. The first kappa shape index (κ1) is 21.4. The van der Waals surface area contributed by atoms with Crippen LogP contribution in [-0.2, 0) is 4.79 Å². The fourth-order valence-electron chi connectivity index (χ4n) is 3.60. The van der Waals surface area contributed by atoms with Gasteiger partial charge in [-0.05, 0) is 30.2 Å². The highest BCUT2D eigenvalue weighted by Gasteiger charge is 2.19. The maximum absolute atomic E-state index is 13.0. The van der Waals surface area contributed by atoms with Crippen LogP contribution in [0.25, 0.3) is 21.3 Å². The maximum atomic E-state index is 13.0. The zero-order valence-corrected chi connectivity index (χ0v) is 19.2. The molecule has 1 aliphatic rings. The van der Waals surface area contributed by atoms with E-state index in [4.69, 9.17) is 15.3 Å². The van der Waals surface area contributed by atoms with E-state index in [-0.39, 0.29) is 30.1 Å². The van der Waals surface area contributed by atoms with Crippen molar-refractivity contribution in [1.29, 1.82) is 0 Å². The Labute approximate surface area is 197 Å². The molecule has 8 nitrogen and oxygen atoms in total. The van der Waals surface area contributed by atoms with Crippen molar-refractivity contribution in [3.63, 3.8) is 0 Å². The van der Waals surface area contributed by atoms with Crippen LogP contribution in [0.5, 0.6) is 11.5 Å². The van der Waals surface area contributed by atoms with Gasteiger partial charge in [0.2, 0.25) is 12.7 Å². The van der Waals surface area contributed by atoms with Crippen LogP contribution in [-0.4, -0.2) is 28.1 Å². The van der Waals surface area contributed by atoms with Gasteiger partial charge < -0.3 is 20.6 Å². The summed E-state index contributed by atoms with van der Waals surface area (Å²) in [6.07, 6.45) is 0. The van der Waals surface area contributed by atoms with E-state index in [0.717, 1.165) is 33.1 Å². The molecule has 1 amide bonds. The smallest absolute Gasteiger partial charge is 0.282 e. The SMILES string of the molecule is C[C@H](NC(=O)CSc1nc2scc(-c3ccccc3)c2c(=O)n1N)c1ccc2c(c1)OCO2. The maximum Gasteiger partial charge on any atom is 0.282 e. The molecule has 168 valence electrons. The van der Waals surface area contributed by atoms with Gasteiger partial charge in [-0.3, -0.25) is 9.59 Å². The molecule has 33 heavy (non-hydrogen) atoms. The Morgan fingerprint density at radius 2 is 2.03 bits per heavy atom. The summed E-state index contributed by atoms with van der Waals surface area (Å²) in [5.41, 5.74) is 2.30. The number of rotatable bonds is 6.